The van der Waals surface area contributed by atoms with Crippen LogP contribution in [0.2, 0.25) is 4.47 Å². The molecule has 0 aliphatic carbocycles. The number of thiazole rings is 1. The molecule has 2 aromatic rings. The van der Waals surface area contributed by atoms with Crippen LogP contribution in [0, 0.1) is 13.8 Å². The molecule has 0 fully saturated rings. The molecule has 0 saturated carbocycles. The standard InChI is InChI=1S/C11H13ClN2O2S3/c1-6-4-9(8(3)17-6)7(2)14-19(15,16)10-5-13-11(12)18-10/h4-5,7,14H,1-3H3. The maximum Gasteiger partial charge on any atom is 0.252 e. The van der Waals surface area contributed by atoms with Crippen LogP contribution >= 0.6 is 34.3 Å². The SMILES string of the molecule is Cc1cc(C(C)NS(=O)(=O)c2cnc(Cl)s2)c(C)s1. The minimum absolute atomic E-state index is 0.133. The first-order chi connectivity index (χ1) is 8.79. The number of hydrogen-bond acceptors (Lipinski definition) is 5. The quantitative estimate of drug-likeness (QED) is 0.929. The van der Waals surface area contributed by atoms with Crippen LogP contribution in [0.4, 0.5) is 0 Å². The van der Waals surface area contributed by atoms with E-state index in [0.717, 1.165) is 21.8 Å². The maximum absolute atomic E-state index is 12.2. The van der Waals surface area contributed by atoms with Crippen LogP contribution in [0.15, 0.2) is 16.5 Å². The molecule has 4 nitrogen and oxygen atoms in total. The van der Waals surface area contributed by atoms with Crippen molar-refractivity contribution < 1.29 is 8.42 Å². The summed E-state index contributed by atoms with van der Waals surface area (Å²) in [6, 6.07) is 1.73. The van der Waals surface area contributed by atoms with Crippen molar-refractivity contribution in [2.75, 3.05) is 0 Å². The predicted molar refractivity (Wildman–Crippen MR) is 79.7 cm³/mol. The molecule has 2 rings (SSSR count). The Morgan fingerprint density at radius 1 is 1.37 bits per heavy atom. The first-order valence-electron chi connectivity index (χ1n) is 5.50. The van der Waals surface area contributed by atoms with Crippen molar-refractivity contribution in [1.29, 1.82) is 0 Å². The molecule has 1 atom stereocenters. The van der Waals surface area contributed by atoms with Crippen LogP contribution in [0.3, 0.4) is 0 Å². The normalized spacial score (nSPS) is 13.7. The Labute approximate surface area is 125 Å². The fourth-order valence-corrected chi connectivity index (χ4v) is 5.35. The Hall–Kier alpha value is -0.470. The van der Waals surface area contributed by atoms with Gasteiger partial charge in [-0.05, 0) is 32.4 Å². The van der Waals surface area contributed by atoms with Gasteiger partial charge in [0.2, 0.25) is 0 Å². The molecule has 0 amide bonds. The highest BCUT2D eigenvalue weighted by atomic mass is 35.5. The number of aryl methyl sites for hydroxylation is 2. The largest absolute Gasteiger partial charge is 0.252 e. The van der Waals surface area contributed by atoms with Crippen LogP contribution < -0.4 is 4.72 Å². The average molecular weight is 337 g/mol. The number of aromatic nitrogens is 1. The number of sulfonamides is 1. The summed E-state index contributed by atoms with van der Waals surface area (Å²) in [6.45, 7) is 5.82. The topological polar surface area (TPSA) is 59.1 Å². The summed E-state index contributed by atoms with van der Waals surface area (Å²) in [6.07, 6.45) is 1.27. The average Bonchev–Trinajstić information content (AvgIpc) is 2.84. The van der Waals surface area contributed by atoms with Crippen LogP contribution in [0.25, 0.3) is 0 Å². The van der Waals surface area contributed by atoms with Gasteiger partial charge in [-0.2, -0.15) is 0 Å². The Morgan fingerprint density at radius 2 is 2.05 bits per heavy atom. The number of hydrogen-bond donors (Lipinski definition) is 1. The molecule has 0 spiro atoms. The molecule has 0 saturated heterocycles. The third kappa shape index (κ3) is 3.35. The van der Waals surface area contributed by atoms with E-state index >= 15 is 0 Å². The fraction of sp³-hybridized carbons (Fsp3) is 0.364. The monoisotopic (exact) mass is 336 g/mol. The Morgan fingerprint density at radius 3 is 2.53 bits per heavy atom. The third-order valence-electron chi connectivity index (χ3n) is 2.60. The molecule has 8 heteroatoms. The van der Waals surface area contributed by atoms with Gasteiger partial charge in [0.1, 0.15) is 0 Å². The summed E-state index contributed by atoms with van der Waals surface area (Å²) in [5.41, 5.74) is 1.00. The number of nitrogens with zero attached hydrogens (tertiary/aromatic N) is 1. The summed E-state index contributed by atoms with van der Waals surface area (Å²) >= 11 is 8.27. The van der Waals surface area contributed by atoms with Crippen LogP contribution in [0.5, 0.6) is 0 Å². The van der Waals surface area contributed by atoms with E-state index in [1.165, 1.54) is 11.1 Å². The summed E-state index contributed by atoms with van der Waals surface area (Å²) in [5, 5.41) is 0. The molecule has 2 heterocycles. The van der Waals surface area contributed by atoms with Gasteiger partial charge >= 0.3 is 0 Å². The highest BCUT2D eigenvalue weighted by Crippen LogP contribution is 2.28. The highest BCUT2D eigenvalue weighted by Gasteiger charge is 2.22. The number of rotatable bonds is 4. The molecule has 1 N–H and O–H groups in total. The van der Waals surface area contributed by atoms with Crippen molar-refractivity contribution >= 4 is 44.3 Å². The highest BCUT2D eigenvalue weighted by molar-refractivity contribution is 7.91. The molecule has 0 aliphatic rings. The minimum Gasteiger partial charge on any atom is -0.232 e. The van der Waals surface area contributed by atoms with Crippen molar-refractivity contribution in [3.63, 3.8) is 0 Å². The summed E-state index contributed by atoms with van der Waals surface area (Å²) in [4.78, 5) is 6.04. The van der Waals surface area contributed by atoms with Crippen molar-refractivity contribution in [3.05, 3.63) is 32.0 Å². The van der Waals surface area contributed by atoms with Crippen LogP contribution in [-0.4, -0.2) is 13.4 Å². The Balaban J connectivity index is 2.23. The second-order valence-electron chi connectivity index (χ2n) is 4.14. The van der Waals surface area contributed by atoms with Crippen molar-refractivity contribution in [3.8, 4) is 0 Å². The lowest BCUT2D eigenvalue weighted by Crippen LogP contribution is -2.26. The Bertz CT molecular complexity index is 691. The molecule has 0 aromatic carbocycles. The first kappa shape index (κ1) is 14.9. The molecule has 104 valence electrons. The van der Waals surface area contributed by atoms with Gasteiger partial charge in [0.25, 0.3) is 10.0 Å². The summed E-state index contributed by atoms with van der Waals surface area (Å²) in [7, 11) is -3.57. The number of thiophene rings is 1. The maximum atomic E-state index is 12.2. The van der Waals surface area contributed by atoms with E-state index < -0.39 is 10.0 Å². The van der Waals surface area contributed by atoms with Gasteiger partial charge in [-0.15, -0.1) is 11.3 Å². The third-order valence-corrected chi connectivity index (χ3v) is 6.70. The number of halogens is 1. The van der Waals surface area contributed by atoms with E-state index in [1.54, 1.807) is 11.3 Å². The molecule has 2 aromatic heterocycles. The first-order valence-corrected chi connectivity index (χ1v) is 8.99. The lowest BCUT2D eigenvalue weighted by atomic mass is 10.1. The summed E-state index contributed by atoms with van der Waals surface area (Å²) in [5.74, 6) is 0. The van der Waals surface area contributed by atoms with Gasteiger partial charge in [0.15, 0.2) is 8.68 Å². The van der Waals surface area contributed by atoms with Crippen LogP contribution in [-0.2, 0) is 10.0 Å². The smallest absolute Gasteiger partial charge is 0.232 e. The molecular weight excluding hydrogens is 324 g/mol. The lowest BCUT2D eigenvalue weighted by Gasteiger charge is -2.13. The number of nitrogens with one attached hydrogen (secondary N) is 1. The van der Waals surface area contributed by atoms with Crippen molar-refractivity contribution in [1.82, 2.24) is 9.71 Å². The lowest BCUT2D eigenvalue weighted by molar-refractivity contribution is 0.568. The fourth-order valence-electron chi connectivity index (χ4n) is 1.80. The zero-order valence-electron chi connectivity index (χ0n) is 10.6. The molecule has 0 aliphatic heterocycles. The van der Waals surface area contributed by atoms with Crippen molar-refractivity contribution in [2.45, 2.75) is 31.0 Å². The van der Waals surface area contributed by atoms with Gasteiger partial charge in [-0.1, -0.05) is 22.9 Å². The van der Waals surface area contributed by atoms with E-state index in [0.29, 0.717) is 0 Å². The minimum atomic E-state index is -3.57. The van der Waals surface area contributed by atoms with E-state index in [9.17, 15) is 8.42 Å². The second kappa shape index (κ2) is 5.49. The van der Waals surface area contributed by atoms with Gasteiger partial charge in [0, 0.05) is 15.8 Å². The predicted octanol–water partition coefficient (Wildman–Crippen LogP) is 3.51. The van der Waals surface area contributed by atoms with Gasteiger partial charge in [0.05, 0.1) is 6.20 Å². The molecule has 0 radical (unpaired) electrons. The van der Waals surface area contributed by atoms with E-state index in [2.05, 4.69) is 9.71 Å². The Kier molecular flexibility index (Phi) is 4.32. The van der Waals surface area contributed by atoms with Crippen LogP contribution in [0.1, 0.15) is 28.3 Å². The van der Waals surface area contributed by atoms with E-state index in [-0.39, 0.29) is 14.7 Å². The van der Waals surface area contributed by atoms with Gasteiger partial charge < -0.3 is 0 Å². The van der Waals surface area contributed by atoms with Gasteiger partial charge in [-0.3, -0.25) is 0 Å². The van der Waals surface area contributed by atoms with Gasteiger partial charge in [-0.25, -0.2) is 18.1 Å². The summed E-state index contributed by atoms with van der Waals surface area (Å²) < 4.78 is 27.3. The zero-order valence-corrected chi connectivity index (χ0v) is 13.8. The van der Waals surface area contributed by atoms with E-state index in [1.807, 2.05) is 26.8 Å². The second-order valence-corrected chi connectivity index (χ2v) is 9.16. The molecular formula is C11H13ClN2O2S3. The molecule has 1 unspecified atom stereocenters. The molecule has 0 bridgehead atoms. The zero-order chi connectivity index (χ0) is 14.2. The molecule has 19 heavy (non-hydrogen) atoms. The van der Waals surface area contributed by atoms with Crippen molar-refractivity contribution in [2.24, 2.45) is 0 Å². The van der Waals surface area contributed by atoms with E-state index in [4.69, 9.17) is 11.6 Å².